The fourth-order valence-electron chi connectivity index (χ4n) is 2.76. The summed E-state index contributed by atoms with van der Waals surface area (Å²) in [6.07, 6.45) is 0. The van der Waals surface area contributed by atoms with Crippen LogP contribution in [0.3, 0.4) is 0 Å². The van der Waals surface area contributed by atoms with Gasteiger partial charge in [0.15, 0.2) is 0 Å². The van der Waals surface area contributed by atoms with Gasteiger partial charge in [-0.2, -0.15) is 0 Å². The van der Waals surface area contributed by atoms with Crippen LogP contribution < -0.4 is 0 Å². The number of hydrogen-bond donors (Lipinski definition) is 0. The molecular formula is C17H12S. The molecule has 0 spiro atoms. The van der Waals surface area contributed by atoms with Gasteiger partial charge in [0.05, 0.1) is 0 Å². The van der Waals surface area contributed by atoms with Crippen LogP contribution in [-0.2, 0) is 0 Å². The number of hydrogen-bond acceptors (Lipinski definition) is 1. The Labute approximate surface area is 111 Å². The van der Waals surface area contributed by atoms with Crippen LogP contribution in [0.5, 0.6) is 0 Å². The lowest BCUT2D eigenvalue weighted by atomic mass is 9.93. The maximum Gasteiger partial charge on any atom is 0.0207 e. The standard InChI is InChI=1S/C17H12S/c1-11-9-10-12-5-4-8-15-17(12)16(11)13-6-2-3-7-14(13)18-15/h2-10H,1H3. The third-order valence-corrected chi connectivity index (χ3v) is 4.73. The van der Waals surface area contributed by atoms with E-state index in [1.165, 1.54) is 37.3 Å². The van der Waals surface area contributed by atoms with Gasteiger partial charge in [0.2, 0.25) is 0 Å². The molecule has 0 saturated heterocycles. The summed E-state index contributed by atoms with van der Waals surface area (Å²) in [5, 5.41) is 2.76. The van der Waals surface area contributed by atoms with Crippen molar-refractivity contribution < 1.29 is 0 Å². The molecule has 1 heteroatoms. The van der Waals surface area contributed by atoms with Crippen molar-refractivity contribution in [3.05, 3.63) is 60.2 Å². The molecule has 0 radical (unpaired) electrons. The Kier molecular flexibility index (Phi) is 2.06. The molecule has 0 atom stereocenters. The Morgan fingerprint density at radius 1 is 0.778 bits per heavy atom. The van der Waals surface area contributed by atoms with Crippen LogP contribution in [0.4, 0.5) is 0 Å². The first-order chi connectivity index (χ1) is 8.84. The number of aryl methyl sites for hydroxylation is 1. The lowest BCUT2D eigenvalue weighted by Crippen LogP contribution is -1.94. The van der Waals surface area contributed by atoms with Gasteiger partial charge in [-0.15, -0.1) is 0 Å². The normalized spacial score (nSPS) is 12.5. The van der Waals surface area contributed by atoms with Crippen molar-refractivity contribution in [2.75, 3.05) is 0 Å². The molecule has 0 nitrogen and oxygen atoms in total. The van der Waals surface area contributed by atoms with Crippen molar-refractivity contribution in [3.63, 3.8) is 0 Å². The zero-order chi connectivity index (χ0) is 12.1. The maximum absolute atomic E-state index is 2.24. The van der Waals surface area contributed by atoms with E-state index in [4.69, 9.17) is 0 Å². The van der Waals surface area contributed by atoms with Crippen molar-refractivity contribution in [2.24, 2.45) is 0 Å². The van der Waals surface area contributed by atoms with E-state index >= 15 is 0 Å². The summed E-state index contributed by atoms with van der Waals surface area (Å²) < 4.78 is 0. The molecule has 1 aliphatic rings. The van der Waals surface area contributed by atoms with E-state index in [9.17, 15) is 0 Å². The predicted molar refractivity (Wildman–Crippen MR) is 78.2 cm³/mol. The summed E-state index contributed by atoms with van der Waals surface area (Å²) in [5.74, 6) is 0. The van der Waals surface area contributed by atoms with Gasteiger partial charge in [-0.05, 0) is 41.1 Å². The molecule has 86 valence electrons. The van der Waals surface area contributed by atoms with E-state index in [-0.39, 0.29) is 0 Å². The average Bonchev–Trinajstić information content (AvgIpc) is 2.41. The van der Waals surface area contributed by atoms with E-state index in [0.29, 0.717) is 0 Å². The highest BCUT2D eigenvalue weighted by Crippen LogP contribution is 2.48. The second-order valence-electron chi connectivity index (χ2n) is 4.71. The first-order valence-electron chi connectivity index (χ1n) is 6.14. The minimum Gasteiger partial charge on any atom is -0.0888 e. The van der Waals surface area contributed by atoms with Gasteiger partial charge in [0.25, 0.3) is 0 Å². The minimum atomic E-state index is 1.34. The second-order valence-corrected chi connectivity index (χ2v) is 5.79. The van der Waals surface area contributed by atoms with E-state index < -0.39 is 0 Å². The van der Waals surface area contributed by atoms with Gasteiger partial charge in [-0.1, -0.05) is 54.2 Å². The van der Waals surface area contributed by atoms with E-state index in [1.54, 1.807) is 0 Å². The summed E-state index contributed by atoms with van der Waals surface area (Å²) >= 11 is 1.88. The molecule has 18 heavy (non-hydrogen) atoms. The Bertz CT molecular complexity index is 772. The molecule has 0 bridgehead atoms. The van der Waals surface area contributed by atoms with Crippen LogP contribution >= 0.6 is 11.8 Å². The molecule has 0 N–H and O–H groups in total. The Balaban J connectivity index is 2.25. The first kappa shape index (κ1) is 10.2. The third-order valence-electron chi connectivity index (χ3n) is 3.59. The van der Waals surface area contributed by atoms with Gasteiger partial charge in [0, 0.05) is 15.2 Å². The van der Waals surface area contributed by atoms with Crippen LogP contribution in [0.1, 0.15) is 5.56 Å². The van der Waals surface area contributed by atoms with Crippen LogP contribution in [-0.4, -0.2) is 0 Å². The molecular weight excluding hydrogens is 236 g/mol. The second kappa shape index (κ2) is 3.63. The maximum atomic E-state index is 2.24. The SMILES string of the molecule is Cc1ccc2cccc3c2c1-c1ccccc1S3. The Morgan fingerprint density at radius 2 is 1.61 bits per heavy atom. The third kappa shape index (κ3) is 1.28. The highest BCUT2D eigenvalue weighted by atomic mass is 32.2. The van der Waals surface area contributed by atoms with Crippen molar-refractivity contribution in [1.82, 2.24) is 0 Å². The van der Waals surface area contributed by atoms with Gasteiger partial charge >= 0.3 is 0 Å². The van der Waals surface area contributed by atoms with Crippen molar-refractivity contribution in [3.8, 4) is 11.1 Å². The van der Waals surface area contributed by atoms with Gasteiger partial charge in [0.1, 0.15) is 0 Å². The largest absolute Gasteiger partial charge is 0.0888 e. The molecule has 3 aromatic rings. The van der Waals surface area contributed by atoms with Crippen LogP contribution in [0, 0.1) is 6.92 Å². The average molecular weight is 248 g/mol. The summed E-state index contributed by atoms with van der Waals surface area (Å²) in [6.45, 7) is 2.21. The molecule has 4 rings (SSSR count). The Hall–Kier alpha value is -1.73. The van der Waals surface area contributed by atoms with Crippen LogP contribution in [0.15, 0.2) is 64.4 Å². The predicted octanol–water partition coefficient (Wildman–Crippen LogP) is 5.28. The van der Waals surface area contributed by atoms with E-state index in [1.807, 2.05) is 11.8 Å². The zero-order valence-electron chi connectivity index (χ0n) is 10.1. The Morgan fingerprint density at radius 3 is 2.56 bits per heavy atom. The summed E-state index contributed by atoms with van der Waals surface area (Å²) in [5.41, 5.74) is 4.16. The molecule has 0 unspecified atom stereocenters. The molecule has 0 aliphatic carbocycles. The monoisotopic (exact) mass is 248 g/mol. The van der Waals surface area contributed by atoms with Gasteiger partial charge < -0.3 is 0 Å². The van der Waals surface area contributed by atoms with Gasteiger partial charge in [-0.3, -0.25) is 0 Å². The highest BCUT2D eigenvalue weighted by molar-refractivity contribution is 7.99. The quantitative estimate of drug-likeness (QED) is 0.408. The topological polar surface area (TPSA) is 0 Å². The lowest BCUT2D eigenvalue weighted by molar-refractivity contribution is 1.36. The number of rotatable bonds is 0. The zero-order valence-corrected chi connectivity index (χ0v) is 10.9. The summed E-state index contributed by atoms with van der Waals surface area (Å²) in [7, 11) is 0. The van der Waals surface area contributed by atoms with E-state index in [2.05, 4.69) is 61.5 Å². The smallest absolute Gasteiger partial charge is 0.0207 e. The van der Waals surface area contributed by atoms with Crippen molar-refractivity contribution in [1.29, 1.82) is 0 Å². The van der Waals surface area contributed by atoms with Crippen LogP contribution in [0.2, 0.25) is 0 Å². The molecule has 0 saturated carbocycles. The summed E-state index contributed by atoms with van der Waals surface area (Å²) in [4.78, 5) is 2.75. The van der Waals surface area contributed by atoms with Gasteiger partial charge in [-0.25, -0.2) is 0 Å². The van der Waals surface area contributed by atoms with Crippen LogP contribution in [0.25, 0.3) is 21.9 Å². The fraction of sp³-hybridized carbons (Fsp3) is 0.0588. The molecule has 0 amide bonds. The molecule has 1 aliphatic heterocycles. The fourth-order valence-corrected chi connectivity index (χ4v) is 3.89. The molecule has 3 aromatic carbocycles. The summed E-state index contributed by atoms with van der Waals surface area (Å²) in [6, 6.07) is 19.7. The lowest BCUT2D eigenvalue weighted by Gasteiger charge is -2.21. The van der Waals surface area contributed by atoms with Crippen molar-refractivity contribution >= 4 is 22.5 Å². The van der Waals surface area contributed by atoms with Crippen molar-refractivity contribution in [2.45, 2.75) is 16.7 Å². The molecule has 0 fully saturated rings. The molecule has 1 heterocycles. The number of benzene rings is 3. The number of fused-ring (bicyclic) bond motifs is 2. The molecule has 0 aromatic heterocycles. The first-order valence-corrected chi connectivity index (χ1v) is 6.96. The highest BCUT2D eigenvalue weighted by Gasteiger charge is 2.19. The minimum absolute atomic E-state index is 1.34. The van der Waals surface area contributed by atoms with E-state index in [0.717, 1.165) is 0 Å².